The molecule has 1 N–H and O–H groups in total. The van der Waals surface area contributed by atoms with Crippen LogP contribution >= 0.6 is 0 Å². The van der Waals surface area contributed by atoms with Crippen LogP contribution in [0.2, 0.25) is 0 Å². The van der Waals surface area contributed by atoms with Crippen LogP contribution in [0.3, 0.4) is 0 Å². The third-order valence-electron chi connectivity index (χ3n) is 4.52. The van der Waals surface area contributed by atoms with Crippen LogP contribution in [-0.2, 0) is 14.3 Å². The van der Waals surface area contributed by atoms with Crippen molar-refractivity contribution in [3.05, 3.63) is 96.1 Å². The number of carbonyl (C=O) groups is 2. The number of rotatable bonds is 6. The lowest BCUT2D eigenvalue weighted by Gasteiger charge is -2.15. The van der Waals surface area contributed by atoms with Crippen LogP contribution in [0.25, 0.3) is 17.2 Å². The Kier molecular flexibility index (Phi) is 6.59. The molecule has 0 unspecified atom stereocenters. The fourth-order valence-corrected chi connectivity index (χ4v) is 2.89. The molecule has 0 aliphatic rings. The van der Waals surface area contributed by atoms with Crippen molar-refractivity contribution in [3.8, 4) is 11.1 Å². The highest BCUT2D eigenvalue weighted by Crippen LogP contribution is 2.27. The Bertz CT molecular complexity index is 1030. The highest BCUT2D eigenvalue weighted by Gasteiger charge is 2.18. The molecule has 0 bridgehead atoms. The molecule has 1 amide bonds. The third kappa shape index (κ3) is 5.42. The van der Waals surface area contributed by atoms with Crippen molar-refractivity contribution >= 4 is 23.6 Å². The molecule has 4 heteroatoms. The van der Waals surface area contributed by atoms with Gasteiger partial charge in [0.25, 0.3) is 5.91 Å². The molecular formula is C25H23NO3. The van der Waals surface area contributed by atoms with Gasteiger partial charge in [0.05, 0.1) is 0 Å². The van der Waals surface area contributed by atoms with Crippen molar-refractivity contribution in [2.24, 2.45) is 0 Å². The Morgan fingerprint density at radius 3 is 2.31 bits per heavy atom. The first kappa shape index (κ1) is 20.1. The molecular weight excluding hydrogens is 362 g/mol. The summed E-state index contributed by atoms with van der Waals surface area (Å²) < 4.78 is 5.25. The summed E-state index contributed by atoms with van der Waals surface area (Å²) in [4.78, 5) is 24.6. The number of hydrogen-bond donors (Lipinski definition) is 1. The standard InChI is InChI=1S/C25H23NO3/c1-18-10-6-7-11-20(18)16-17-24(27)29-19(2)25(28)26-23-15-9-8-14-22(23)21-12-4-3-5-13-21/h3-17,19H,1-2H3,(H,26,28)/b17-16+/t19-/m1/s1. The predicted octanol–water partition coefficient (Wildman–Crippen LogP) is 5.25. The average Bonchev–Trinajstić information content (AvgIpc) is 2.74. The van der Waals surface area contributed by atoms with E-state index in [0.29, 0.717) is 5.69 Å². The zero-order valence-corrected chi connectivity index (χ0v) is 16.5. The highest BCUT2D eigenvalue weighted by molar-refractivity contribution is 5.99. The first-order valence-electron chi connectivity index (χ1n) is 9.44. The van der Waals surface area contributed by atoms with E-state index in [9.17, 15) is 9.59 Å². The summed E-state index contributed by atoms with van der Waals surface area (Å²) in [6.45, 7) is 3.52. The largest absolute Gasteiger partial charge is 0.449 e. The van der Waals surface area contributed by atoms with Crippen molar-refractivity contribution in [1.29, 1.82) is 0 Å². The second kappa shape index (κ2) is 9.51. The molecule has 0 spiro atoms. The molecule has 0 saturated carbocycles. The van der Waals surface area contributed by atoms with E-state index in [-0.39, 0.29) is 5.91 Å². The normalized spacial score (nSPS) is 11.8. The predicted molar refractivity (Wildman–Crippen MR) is 116 cm³/mol. The molecule has 0 aromatic heterocycles. The minimum Gasteiger partial charge on any atom is -0.449 e. The van der Waals surface area contributed by atoms with Crippen LogP contribution in [0.15, 0.2) is 84.9 Å². The molecule has 0 radical (unpaired) electrons. The van der Waals surface area contributed by atoms with Gasteiger partial charge in [0.15, 0.2) is 6.10 Å². The van der Waals surface area contributed by atoms with E-state index >= 15 is 0 Å². The maximum atomic E-state index is 12.5. The van der Waals surface area contributed by atoms with Crippen molar-refractivity contribution in [2.75, 3.05) is 5.32 Å². The molecule has 0 aliphatic carbocycles. The van der Waals surface area contributed by atoms with Crippen LogP contribution in [0, 0.1) is 6.92 Å². The number of ether oxygens (including phenoxy) is 1. The van der Waals surface area contributed by atoms with Crippen molar-refractivity contribution in [1.82, 2.24) is 0 Å². The summed E-state index contributed by atoms with van der Waals surface area (Å²) in [7, 11) is 0. The number of amides is 1. The molecule has 0 aliphatic heterocycles. The van der Waals surface area contributed by atoms with E-state index in [2.05, 4.69) is 5.32 Å². The SMILES string of the molecule is Cc1ccccc1/C=C/C(=O)O[C@H](C)C(=O)Nc1ccccc1-c1ccccc1. The van der Waals surface area contributed by atoms with Gasteiger partial charge in [-0.2, -0.15) is 0 Å². The lowest BCUT2D eigenvalue weighted by molar-refractivity contribution is -0.148. The number of carbonyl (C=O) groups excluding carboxylic acids is 2. The van der Waals surface area contributed by atoms with Crippen LogP contribution < -0.4 is 5.32 Å². The van der Waals surface area contributed by atoms with Gasteiger partial charge in [-0.3, -0.25) is 4.79 Å². The van der Waals surface area contributed by atoms with Gasteiger partial charge in [-0.15, -0.1) is 0 Å². The molecule has 0 fully saturated rings. The van der Waals surface area contributed by atoms with Crippen molar-refractivity contribution in [3.63, 3.8) is 0 Å². The zero-order chi connectivity index (χ0) is 20.6. The Balaban J connectivity index is 1.64. The van der Waals surface area contributed by atoms with Gasteiger partial charge in [-0.05, 0) is 42.7 Å². The van der Waals surface area contributed by atoms with Gasteiger partial charge in [0, 0.05) is 17.3 Å². The lowest BCUT2D eigenvalue weighted by atomic mass is 10.0. The topological polar surface area (TPSA) is 55.4 Å². The maximum Gasteiger partial charge on any atom is 0.331 e. The Morgan fingerprint density at radius 2 is 1.55 bits per heavy atom. The van der Waals surface area contributed by atoms with Crippen LogP contribution in [-0.4, -0.2) is 18.0 Å². The molecule has 29 heavy (non-hydrogen) atoms. The number of nitrogens with one attached hydrogen (secondary N) is 1. The van der Waals surface area contributed by atoms with Crippen LogP contribution in [0.5, 0.6) is 0 Å². The van der Waals surface area contributed by atoms with Gasteiger partial charge in [-0.1, -0.05) is 72.8 Å². The van der Waals surface area contributed by atoms with Crippen LogP contribution in [0.4, 0.5) is 5.69 Å². The number of aryl methyl sites for hydroxylation is 1. The number of hydrogen-bond acceptors (Lipinski definition) is 3. The summed E-state index contributed by atoms with van der Waals surface area (Å²) in [5, 5.41) is 2.86. The van der Waals surface area contributed by atoms with Gasteiger partial charge in [-0.25, -0.2) is 4.79 Å². The van der Waals surface area contributed by atoms with E-state index in [1.807, 2.05) is 85.8 Å². The van der Waals surface area contributed by atoms with E-state index < -0.39 is 12.1 Å². The summed E-state index contributed by atoms with van der Waals surface area (Å²) >= 11 is 0. The third-order valence-corrected chi connectivity index (χ3v) is 4.52. The van der Waals surface area contributed by atoms with Gasteiger partial charge < -0.3 is 10.1 Å². The fourth-order valence-electron chi connectivity index (χ4n) is 2.89. The van der Waals surface area contributed by atoms with Gasteiger partial charge in [0.1, 0.15) is 0 Å². The van der Waals surface area contributed by atoms with Gasteiger partial charge in [0.2, 0.25) is 0 Å². The molecule has 1 atom stereocenters. The van der Waals surface area contributed by atoms with E-state index in [1.165, 1.54) is 6.08 Å². The van der Waals surface area contributed by atoms with E-state index in [0.717, 1.165) is 22.3 Å². The fraction of sp³-hybridized carbons (Fsp3) is 0.120. The average molecular weight is 385 g/mol. The Hall–Kier alpha value is -3.66. The zero-order valence-electron chi connectivity index (χ0n) is 16.5. The maximum absolute atomic E-state index is 12.5. The Morgan fingerprint density at radius 1 is 0.897 bits per heavy atom. The first-order chi connectivity index (χ1) is 14.0. The minimum absolute atomic E-state index is 0.383. The van der Waals surface area contributed by atoms with Crippen LogP contribution in [0.1, 0.15) is 18.1 Å². The monoisotopic (exact) mass is 385 g/mol. The second-order valence-electron chi connectivity index (χ2n) is 6.67. The van der Waals surface area contributed by atoms with Crippen molar-refractivity contribution in [2.45, 2.75) is 20.0 Å². The second-order valence-corrected chi connectivity index (χ2v) is 6.67. The summed E-state index contributed by atoms with van der Waals surface area (Å²) in [6, 6.07) is 25.0. The highest BCUT2D eigenvalue weighted by atomic mass is 16.5. The lowest BCUT2D eigenvalue weighted by Crippen LogP contribution is -2.29. The number of anilines is 1. The number of benzene rings is 3. The van der Waals surface area contributed by atoms with E-state index in [1.54, 1.807) is 13.0 Å². The summed E-state index contributed by atoms with van der Waals surface area (Å²) in [5.74, 6) is -0.946. The summed E-state index contributed by atoms with van der Waals surface area (Å²) in [6.07, 6.45) is 2.10. The van der Waals surface area contributed by atoms with Crippen molar-refractivity contribution < 1.29 is 14.3 Å². The number of esters is 1. The Labute approximate surface area is 170 Å². The molecule has 3 aromatic carbocycles. The molecule has 146 valence electrons. The van der Waals surface area contributed by atoms with Gasteiger partial charge >= 0.3 is 5.97 Å². The molecule has 4 nitrogen and oxygen atoms in total. The smallest absolute Gasteiger partial charge is 0.331 e. The molecule has 0 heterocycles. The summed E-state index contributed by atoms with van der Waals surface area (Å²) in [5.41, 5.74) is 4.55. The molecule has 3 rings (SSSR count). The quantitative estimate of drug-likeness (QED) is 0.466. The first-order valence-corrected chi connectivity index (χ1v) is 9.44. The minimum atomic E-state index is -0.923. The molecule has 0 saturated heterocycles. The molecule has 3 aromatic rings. The number of para-hydroxylation sites is 1. The van der Waals surface area contributed by atoms with E-state index in [4.69, 9.17) is 4.74 Å².